The van der Waals surface area contributed by atoms with Gasteiger partial charge in [-0.2, -0.15) is 0 Å². The van der Waals surface area contributed by atoms with Crippen molar-refractivity contribution >= 4 is 46.2 Å². The summed E-state index contributed by atoms with van der Waals surface area (Å²) in [5.74, 6) is 0.826. The zero-order valence-corrected chi connectivity index (χ0v) is 13.6. The predicted molar refractivity (Wildman–Crippen MR) is 92.5 cm³/mol. The Bertz CT molecular complexity index is 632. The van der Waals surface area contributed by atoms with Crippen LogP contribution in [-0.4, -0.2) is 12.2 Å². The Labute approximate surface area is 139 Å². The maximum absolute atomic E-state index is 6.08. The van der Waals surface area contributed by atoms with Gasteiger partial charge in [0.05, 0.1) is 17.8 Å². The molecule has 3 nitrogen and oxygen atoms in total. The summed E-state index contributed by atoms with van der Waals surface area (Å²) in [6.07, 6.45) is 0. The van der Waals surface area contributed by atoms with Crippen molar-refractivity contribution in [3.05, 3.63) is 58.1 Å². The topological polar surface area (TPSA) is 33.3 Å². The lowest BCUT2D eigenvalue weighted by atomic mass is 10.2. The number of thiocarbonyl (C=S) groups is 1. The van der Waals surface area contributed by atoms with E-state index in [2.05, 4.69) is 10.6 Å². The van der Waals surface area contributed by atoms with Gasteiger partial charge in [0.15, 0.2) is 5.11 Å². The molecule has 0 spiro atoms. The van der Waals surface area contributed by atoms with Gasteiger partial charge < -0.3 is 15.4 Å². The van der Waals surface area contributed by atoms with E-state index in [4.69, 9.17) is 40.2 Å². The number of anilines is 1. The van der Waals surface area contributed by atoms with Crippen LogP contribution in [0, 0.1) is 0 Å². The van der Waals surface area contributed by atoms with E-state index >= 15 is 0 Å². The summed E-state index contributed by atoms with van der Waals surface area (Å²) in [5, 5.41) is 7.76. The molecule has 2 N–H and O–H groups in total. The Morgan fingerprint density at radius 1 is 1.14 bits per heavy atom. The largest absolute Gasteiger partial charge is 0.497 e. The molecule has 0 aliphatic heterocycles. The molecule has 0 saturated heterocycles. The average molecular weight is 341 g/mol. The first-order valence-electron chi connectivity index (χ1n) is 6.21. The van der Waals surface area contributed by atoms with Gasteiger partial charge in [0.2, 0.25) is 0 Å². The Morgan fingerprint density at radius 2 is 1.86 bits per heavy atom. The fourth-order valence-electron chi connectivity index (χ4n) is 1.68. The second-order valence-corrected chi connectivity index (χ2v) is 5.53. The molecule has 0 unspecified atom stereocenters. The fourth-order valence-corrected chi connectivity index (χ4v) is 2.32. The molecule has 0 aliphatic carbocycles. The summed E-state index contributed by atoms with van der Waals surface area (Å²) >= 11 is 17.2. The van der Waals surface area contributed by atoms with Gasteiger partial charge in [-0.3, -0.25) is 0 Å². The van der Waals surface area contributed by atoms with Crippen LogP contribution in [0.4, 0.5) is 5.69 Å². The molecule has 0 aliphatic rings. The van der Waals surface area contributed by atoms with E-state index in [1.165, 1.54) is 0 Å². The third-order valence-electron chi connectivity index (χ3n) is 2.79. The minimum atomic E-state index is 0.495. The first kappa shape index (κ1) is 15.9. The van der Waals surface area contributed by atoms with Gasteiger partial charge in [-0.15, -0.1) is 0 Å². The van der Waals surface area contributed by atoms with Crippen LogP contribution >= 0.6 is 35.4 Å². The predicted octanol–water partition coefficient (Wildman–Crippen LogP) is 4.49. The molecule has 0 heterocycles. The SMILES string of the molecule is COc1ccc(CNC(=S)Nc2ccc(Cl)cc2Cl)cc1. The molecular formula is C15H14Cl2N2OS. The number of hydrogen-bond donors (Lipinski definition) is 2. The zero-order valence-electron chi connectivity index (χ0n) is 11.3. The molecule has 0 bridgehead atoms. The lowest BCUT2D eigenvalue weighted by Gasteiger charge is -2.12. The molecular weight excluding hydrogens is 327 g/mol. The highest BCUT2D eigenvalue weighted by molar-refractivity contribution is 7.80. The van der Waals surface area contributed by atoms with E-state index in [1.54, 1.807) is 25.3 Å². The van der Waals surface area contributed by atoms with E-state index in [0.717, 1.165) is 11.3 Å². The number of methoxy groups -OCH3 is 1. The van der Waals surface area contributed by atoms with Gasteiger partial charge in [-0.05, 0) is 48.1 Å². The first-order chi connectivity index (χ1) is 10.1. The van der Waals surface area contributed by atoms with E-state index in [9.17, 15) is 0 Å². The Morgan fingerprint density at radius 3 is 2.48 bits per heavy atom. The number of nitrogens with one attached hydrogen (secondary N) is 2. The molecule has 0 atom stereocenters. The highest BCUT2D eigenvalue weighted by Crippen LogP contribution is 2.25. The zero-order chi connectivity index (χ0) is 15.2. The fraction of sp³-hybridized carbons (Fsp3) is 0.133. The Kier molecular flexibility index (Phi) is 5.67. The van der Waals surface area contributed by atoms with Gasteiger partial charge in [-0.25, -0.2) is 0 Å². The summed E-state index contributed by atoms with van der Waals surface area (Å²) in [7, 11) is 1.64. The summed E-state index contributed by atoms with van der Waals surface area (Å²) in [6.45, 7) is 0.612. The van der Waals surface area contributed by atoms with Crippen LogP contribution in [-0.2, 0) is 6.54 Å². The van der Waals surface area contributed by atoms with E-state index in [0.29, 0.717) is 27.4 Å². The van der Waals surface area contributed by atoms with Crippen LogP contribution < -0.4 is 15.4 Å². The van der Waals surface area contributed by atoms with Gasteiger partial charge in [0.1, 0.15) is 5.75 Å². The monoisotopic (exact) mass is 340 g/mol. The molecule has 2 aromatic carbocycles. The van der Waals surface area contributed by atoms with Gasteiger partial charge in [0.25, 0.3) is 0 Å². The van der Waals surface area contributed by atoms with Crippen molar-refractivity contribution in [2.24, 2.45) is 0 Å². The average Bonchev–Trinajstić information content (AvgIpc) is 2.48. The van der Waals surface area contributed by atoms with Crippen molar-refractivity contribution in [3.63, 3.8) is 0 Å². The highest BCUT2D eigenvalue weighted by atomic mass is 35.5. The second-order valence-electron chi connectivity index (χ2n) is 4.28. The molecule has 0 fully saturated rings. The second kappa shape index (κ2) is 7.50. The smallest absolute Gasteiger partial charge is 0.171 e. The molecule has 0 saturated carbocycles. The molecule has 2 aromatic rings. The molecule has 110 valence electrons. The van der Waals surface area contributed by atoms with Crippen LogP contribution in [0.2, 0.25) is 10.0 Å². The molecule has 21 heavy (non-hydrogen) atoms. The van der Waals surface area contributed by atoms with Gasteiger partial charge >= 0.3 is 0 Å². The Hall–Kier alpha value is -1.49. The normalized spacial score (nSPS) is 10.0. The third-order valence-corrected chi connectivity index (χ3v) is 3.59. The van der Waals surface area contributed by atoms with Gasteiger partial charge in [0, 0.05) is 11.6 Å². The number of ether oxygens (including phenoxy) is 1. The van der Waals surface area contributed by atoms with Crippen molar-refractivity contribution in [2.45, 2.75) is 6.54 Å². The maximum Gasteiger partial charge on any atom is 0.171 e. The van der Waals surface area contributed by atoms with Crippen molar-refractivity contribution in [1.82, 2.24) is 5.32 Å². The van der Waals surface area contributed by atoms with E-state index in [-0.39, 0.29) is 0 Å². The number of rotatable bonds is 4. The quantitative estimate of drug-likeness (QED) is 0.803. The number of benzene rings is 2. The first-order valence-corrected chi connectivity index (χ1v) is 7.38. The number of hydrogen-bond acceptors (Lipinski definition) is 2. The maximum atomic E-state index is 6.08. The van der Waals surface area contributed by atoms with Crippen LogP contribution in [0.5, 0.6) is 5.75 Å². The molecule has 0 aromatic heterocycles. The minimum absolute atomic E-state index is 0.495. The molecule has 0 amide bonds. The van der Waals surface area contributed by atoms with Crippen molar-refractivity contribution in [1.29, 1.82) is 0 Å². The third kappa shape index (κ3) is 4.77. The molecule has 6 heteroatoms. The van der Waals surface area contributed by atoms with Crippen molar-refractivity contribution < 1.29 is 4.74 Å². The Balaban J connectivity index is 1.89. The molecule has 0 radical (unpaired) electrons. The van der Waals surface area contributed by atoms with Crippen molar-refractivity contribution in [3.8, 4) is 5.75 Å². The highest BCUT2D eigenvalue weighted by Gasteiger charge is 2.03. The standard InChI is InChI=1S/C15H14Cl2N2OS/c1-20-12-5-2-10(3-6-12)9-18-15(21)19-14-7-4-11(16)8-13(14)17/h2-8H,9H2,1H3,(H2,18,19,21). The summed E-state index contributed by atoms with van der Waals surface area (Å²) in [6, 6.07) is 13.0. The van der Waals surface area contributed by atoms with Crippen LogP contribution in [0.15, 0.2) is 42.5 Å². The summed E-state index contributed by atoms with van der Waals surface area (Å²) in [5.41, 5.74) is 1.82. The lowest BCUT2D eigenvalue weighted by Crippen LogP contribution is -2.27. The number of halogens is 2. The van der Waals surface area contributed by atoms with Crippen molar-refractivity contribution in [2.75, 3.05) is 12.4 Å². The minimum Gasteiger partial charge on any atom is -0.497 e. The van der Waals surface area contributed by atoms with E-state index in [1.807, 2.05) is 24.3 Å². The summed E-state index contributed by atoms with van der Waals surface area (Å²) < 4.78 is 5.11. The van der Waals surface area contributed by atoms with E-state index < -0.39 is 0 Å². The summed E-state index contributed by atoms with van der Waals surface area (Å²) in [4.78, 5) is 0. The molecule has 2 rings (SSSR count). The van der Waals surface area contributed by atoms with Crippen LogP contribution in [0.25, 0.3) is 0 Å². The van der Waals surface area contributed by atoms with Crippen LogP contribution in [0.1, 0.15) is 5.56 Å². The van der Waals surface area contributed by atoms with Crippen LogP contribution in [0.3, 0.4) is 0 Å². The lowest BCUT2D eigenvalue weighted by molar-refractivity contribution is 0.414. The van der Waals surface area contributed by atoms with Gasteiger partial charge in [-0.1, -0.05) is 35.3 Å².